The Balaban J connectivity index is 1.85. The summed E-state index contributed by atoms with van der Waals surface area (Å²) in [4.78, 5) is 20.2. The standard InChI is InChI=1S/C23H23BrN2O2/c1-14-5-4-6-17(9-14)22-11-20(19-10-18(24)7-8-21(19)25-22)23(27)26-12-15(2)28-16(3)13-26/h4-11,15-16H,12-13H2,1-3H3/t15-,16-/m1/s1. The Labute approximate surface area is 173 Å². The maximum atomic E-state index is 13.5. The lowest BCUT2D eigenvalue weighted by atomic mass is 10.0. The number of ether oxygens (including phenoxy) is 1. The maximum Gasteiger partial charge on any atom is 0.254 e. The Hall–Kier alpha value is -2.24. The number of aryl methyl sites for hydroxylation is 1. The minimum absolute atomic E-state index is 0.0291. The van der Waals surface area contributed by atoms with Crippen LogP contribution in [-0.4, -0.2) is 41.1 Å². The van der Waals surface area contributed by atoms with Gasteiger partial charge in [0, 0.05) is 28.5 Å². The summed E-state index contributed by atoms with van der Waals surface area (Å²) >= 11 is 3.53. The van der Waals surface area contributed by atoms with Crippen LogP contribution in [0.15, 0.2) is 53.0 Å². The number of rotatable bonds is 2. The smallest absolute Gasteiger partial charge is 0.254 e. The van der Waals surface area contributed by atoms with E-state index in [0.717, 1.165) is 26.6 Å². The molecule has 3 aromatic rings. The highest BCUT2D eigenvalue weighted by Crippen LogP contribution is 2.29. The molecular formula is C23H23BrN2O2. The lowest BCUT2D eigenvalue weighted by Gasteiger charge is -2.35. The van der Waals surface area contributed by atoms with Gasteiger partial charge in [0.15, 0.2) is 0 Å². The first-order valence-electron chi connectivity index (χ1n) is 9.53. The summed E-state index contributed by atoms with van der Waals surface area (Å²) in [6.45, 7) is 7.27. The minimum Gasteiger partial charge on any atom is -0.372 e. The second-order valence-corrected chi connectivity index (χ2v) is 8.47. The fourth-order valence-electron chi connectivity index (χ4n) is 3.84. The molecule has 1 aliphatic heterocycles. The molecule has 1 fully saturated rings. The quantitative estimate of drug-likeness (QED) is 0.550. The fourth-order valence-corrected chi connectivity index (χ4v) is 4.20. The second-order valence-electron chi connectivity index (χ2n) is 7.55. The molecule has 2 heterocycles. The number of aromatic nitrogens is 1. The van der Waals surface area contributed by atoms with Gasteiger partial charge in [-0.1, -0.05) is 39.7 Å². The molecule has 2 aromatic carbocycles. The SMILES string of the molecule is Cc1cccc(-c2cc(C(=O)N3C[C@@H](C)O[C@H](C)C3)c3cc(Br)ccc3n2)c1. The highest BCUT2D eigenvalue weighted by Gasteiger charge is 2.28. The molecular weight excluding hydrogens is 416 g/mol. The third-order valence-corrected chi connectivity index (χ3v) is 5.52. The molecule has 1 aliphatic rings. The molecule has 0 spiro atoms. The van der Waals surface area contributed by atoms with Crippen molar-refractivity contribution in [3.05, 3.63) is 64.1 Å². The van der Waals surface area contributed by atoms with Gasteiger partial charge in [-0.05, 0) is 51.1 Å². The molecule has 1 aromatic heterocycles. The monoisotopic (exact) mass is 438 g/mol. The zero-order valence-electron chi connectivity index (χ0n) is 16.3. The van der Waals surface area contributed by atoms with Gasteiger partial charge in [0.25, 0.3) is 5.91 Å². The predicted octanol–water partition coefficient (Wildman–Crippen LogP) is 5.22. The van der Waals surface area contributed by atoms with E-state index < -0.39 is 0 Å². The largest absolute Gasteiger partial charge is 0.372 e. The number of hydrogen-bond donors (Lipinski definition) is 0. The summed E-state index contributed by atoms with van der Waals surface area (Å²) in [5, 5.41) is 0.863. The number of halogens is 1. The van der Waals surface area contributed by atoms with Gasteiger partial charge in [0.2, 0.25) is 0 Å². The Morgan fingerprint density at radius 1 is 1.11 bits per heavy atom. The number of morpholine rings is 1. The first-order valence-corrected chi connectivity index (χ1v) is 10.3. The topological polar surface area (TPSA) is 42.4 Å². The molecule has 0 unspecified atom stereocenters. The molecule has 0 bridgehead atoms. The number of nitrogens with zero attached hydrogens (tertiary/aromatic N) is 2. The van der Waals surface area contributed by atoms with Gasteiger partial charge in [0.1, 0.15) is 0 Å². The van der Waals surface area contributed by atoms with E-state index in [1.165, 1.54) is 5.56 Å². The molecule has 2 atom stereocenters. The average Bonchev–Trinajstić information content (AvgIpc) is 2.66. The number of carbonyl (C=O) groups excluding carboxylic acids is 1. The third-order valence-electron chi connectivity index (χ3n) is 5.02. The van der Waals surface area contributed by atoms with E-state index in [9.17, 15) is 4.79 Å². The van der Waals surface area contributed by atoms with Gasteiger partial charge in [-0.2, -0.15) is 0 Å². The number of hydrogen-bond acceptors (Lipinski definition) is 3. The lowest BCUT2D eigenvalue weighted by molar-refractivity contribution is -0.0585. The van der Waals surface area contributed by atoms with Gasteiger partial charge < -0.3 is 9.64 Å². The minimum atomic E-state index is 0.0291. The summed E-state index contributed by atoms with van der Waals surface area (Å²) in [6, 6.07) is 16.0. The van der Waals surface area contributed by atoms with Crippen LogP contribution in [0.3, 0.4) is 0 Å². The summed E-state index contributed by atoms with van der Waals surface area (Å²) < 4.78 is 6.73. The van der Waals surface area contributed by atoms with E-state index in [1.54, 1.807) is 0 Å². The van der Waals surface area contributed by atoms with Crippen molar-refractivity contribution in [1.29, 1.82) is 0 Å². The van der Waals surface area contributed by atoms with Gasteiger partial charge in [-0.25, -0.2) is 4.98 Å². The van der Waals surface area contributed by atoms with Crippen LogP contribution in [0.1, 0.15) is 29.8 Å². The first kappa shape index (κ1) is 19.1. The molecule has 0 N–H and O–H groups in total. The molecule has 5 heteroatoms. The molecule has 28 heavy (non-hydrogen) atoms. The number of fused-ring (bicyclic) bond motifs is 1. The predicted molar refractivity (Wildman–Crippen MR) is 116 cm³/mol. The van der Waals surface area contributed by atoms with E-state index in [1.807, 2.05) is 55.1 Å². The van der Waals surface area contributed by atoms with Crippen molar-refractivity contribution >= 4 is 32.7 Å². The Bertz CT molecular complexity index is 1040. The summed E-state index contributed by atoms with van der Waals surface area (Å²) in [7, 11) is 0. The van der Waals surface area contributed by atoms with Crippen molar-refractivity contribution in [1.82, 2.24) is 9.88 Å². The van der Waals surface area contributed by atoms with Crippen molar-refractivity contribution in [3.63, 3.8) is 0 Å². The average molecular weight is 439 g/mol. The van der Waals surface area contributed by atoms with E-state index in [0.29, 0.717) is 18.7 Å². The molecule has 1 amide bonds. The van der Waals surface area contributed by atoms with Crippen molar-refractivity contribution in [2.24, 2.45) is 0 Å². The first-order chi connectivity index (χ1) is 13.4. The number of carbonyl (C=O) groups is 1. The van der Waals surface area contributed by atoms with Crippen molar-refractivity contribution in [2.45, 2.75) is 33.0 Å². The van der Waals surface area contributed by atoms with Crippen LogP contribution >= 0.6 is 15.9 Å². The summed E-state index contributed by atoms with van der Waals surface area (Å²) in [6.07, 6.45) is 0.0626. The highest BCUT2D eigenvalue weighted by atomic mass is 79.9. The molecule has 0 radical (unpaired) electrons. The molecule has 4 nitrogen and oxygen atoms in total. The summed E-state index contributed by atoms with van der Waals surface area (Å²) in [5.74, 6) is 0.0291. The van der Waals surface area contributed by atoms with Crippen molar-refractivity contribution in [2.75, 3.05) is 13.1 Å². The van der Waals surface area contributed by atoms with Crippen LogP contribution in [0.2, 0.25) is 0 Å². The molecule has 0 saturated carbocycles. The van der Waals surface area contributed by atoms with E-state index in [-0.39, 0.29) is 18.1 Å². The number of amides is 1. The van der Waals surface area contributed by atoms with Crippen LogP contribution in [0.25, 0.3) is 22.2 Å². The molecule has 144 valence electrons. The number of pyridine rings is 1. The van der Waals surface area contributed by atoms with E-state index >= 15 is 0 Å². The normalized spacial score (nSPS) is 19.8. The Morgan fingerprint density at radius 2 is 1.86 bits per heavy atom. The molecule has 0 aliphatic carbocycles. The van der Waals surface area contributed by atoms with Crippen LogP contribution in [0.4, 0.5) is 0 Å². The Morgan fingerprint density at radius 3 is 2.57 bits per heavy atom. The van der Waals surface area contributed by atoms with Crippen LogP contribution in [0, 0.1) is 6.92 Å². The Kier molecular flexibility index (Phi) is 5.21. The summed E-state index contributed by atoms with van der Waals surface area (Å²) in [5.41, 5.74) is 4.50. The zero-order chi connectivity index (χ0) is 19.8. The van der Waals surface area contributed by atoms with Crippen LogP contribution in [-0.2, 0) is 4.74 Å². The molecule has 4 rings (SSSR count). The van der Waals surface area contributed by atoms with E-state index in [4.69, 9.17) is 9.72 Å². The fraction of sp³-hybridized carbons (Fsp3) is 0.304. The van der Waals surface area contributed by atoms with Gasteiger partial charge in [-0.15, -0.1) is 0 Å². The number of benzene rings is 2. The van der Waals surface area contributed by atoms with Gasteiger partial charge >= 0.3 is 0 Å². The highest BCUT2D eigenvalue weighted by molar-refractivity contribution is 9.10. The zero-order valence-corrected chi connectivity index (χ0v) is 17.9. The van der Waals surface area contributed by atoms with E-state index in [2.05, 4.69) is 35.0 Å². The van der Waals surface area contributed by atoms with Crippen LogP contribution < -0.4 is 0 Å². The van der Waals surface area contributed by atoms with Gasteiger partial charge in [0.05, 0.1) is 29.0 Å². The van der Waals surface area contributed by atoms with Gasteiger partial charge in [-0.3, -0.25) is 4.79 Å². The van der Waals surface area contributed by atoms with Crippen molar-refractivity contribution < 1.29 is 9.53 Å². The maximum absolute atomic E-state index is 13.5. The lowest BCUT2D eigenvalue weighted by Crippen LogP contribution is -2.48. The second kappa shape index (κ2) is 7.64. The molecule has 1 saturated heterocycles. The van der Waals surface area contributed by atoms with Crippen LogP contribution in [0.5, 0.6) is 0 Å². The third kappa shape index (κ3) is 3.82. The van der Waals surface area contributed by atoms with Crippen molar-refractivity contribution in [3.8, 4) is 11.3 Å².